The van der Waals surface area contributed by atoms with Crippen LogP contribution in [0, 0.1) is 13.8 Å². The van der Waals surface area contributed by atoms with Gasteiger partial charge in [0, 0.05) is 0 Å². The second kappa shape index (κ2) is 6.74. The standard InChI is InChI=1S/C15H16ClNO5S/c1-9-4-5-14(13(16)6-9)23(19,20)17-8-11-7-12(10(2)22-11)15(18)21-3/h4-7,17H,8H2,1-3H3. The average Bonchev–Trinajstić information content (AvgIpc) is 2.85. The third kappa shape index (κ3) is 3.93. The number of aryl methyl sites for hydroxylation is 2. The van der Waals surface area contributed by atoms with E-state index >= 15 is 0 Å². The largest absolute Gasteiger partial charge is 0.465 e. The van der Waals surface area contributed by atoms with Crippen LogP contribution in [0.15, 0.2) is 33.6 Å². The maximum atomic E-state index is 12.3. The van der Waals surface area contributed by atoms with E-state index in [0.717, 1.165) is 5.56 Å². The maximum absolute atomic E-state index is 12.3. The molecule has 0 amide bonds. The highest BCUT2D eigenvalue weighted by atomic mass is 35.5. The van der Waals surface area contributed by atoms with E-state index in [-0.39, 0.29) is 22.0 Å². The minimum atomic E-state index is -3.79. The summed E-state index contributed by atoms with van der Waals surface area (Å²) in [6.45, 7) is 3.31. The summed E-state index contributed by atoms with van der Waals surface area (Å²) in [5, 5.41) is 0.142. The molecule has 1 aromatic carbocycles. The molecule has 0 bridgehead atoms. The van der Waals surface area contributed by atoms with Crippen LogP contribution < -0.4 is 4.72 Å². The molecule has 0 saturated heterocycles. The van der Waals surface area contributed by atoms with Gasteiger partial charge >= 0.3 is 5.97 Å². The average molecular weight is 358 g/mol. The first-order valence-corrected chi connectivity index (χ1v) is 8.54. The van der Waals surface area contributed by atoms with Crippen LogP contribution in [0.4, 0.5) is 0 Å². The number of esters is 1. The Morgan fingerprint density at radius 3 is 2.61 bits per heavy atom. The van der Waals surface area contributed by atoms with Gasteiger partial charge in [-0.2, -0.15) is 0 Å². The molecule has 0 fully saturated rings. The molecule has 0 atom stereocenters. The molecule has 0 aliphatic heterocycles. The van der Waals surface area contributed by atoms with Crippen LogP contribution in [0.3, 0.4) is 0 Å². The molecule has 2 aromatic rings. The van der Waals surface area contributed by atoms with Crippen LogP contribution in [0.5, 0.6) is 0 Å². The second-order valence-electron chi connectivity index (χ2n) is 4.93. The predicted molar refractivity (Wildman–Crippen MR) is 85.0 cm³/mol. The van der Waals surface area contributed by atoms with Gasteiger partial charge in [0.25, 0.3) is 0 Å². The lowest BCUT2D eigenvalue weighted by atomic mass is 10.2. The van der Waals surface area contributed by atoms with Gasteiger partial charge in [-0.1, -0.05) is 17.7 Å². The summed E-state index contributed by atoms with van der Waals surface area (Å²) >= 11 is 5.98. The zero-order valence-electron chi connectivity index (χ0n) is 12.8. The summed E-state index contributed by atoms with van der Waals surface area (Å²) in [6.07, 6.45) is 0. The molecule has 1 N–H and O–H groups in total. The fourth-order valence-electron chi connectivity index (χ4n) is 2.01. The molecular formula is C15H16ClNO5S. The molecule has 0 spiro atoms. The molecule has 6 nitrogen and oxygen atoms in total. The number of methoxy groups -OCH3 is 1. The zero-order valence-corrected chi connectivity index (χ0v) is 14.4. The Labute approximate surface area is 139 Å². The lowest BCUT2D eigenvalue weighted by molar-refractivity contribution is 0.0599. The molecule has 1 heterocycles. The number of carbonyl (C=O) groups excluding carboxylic acids is 1. The fourth-order valence-corrected chi connectivity index (χ4v) is 3.60. The normalized spacial score (nSPS) is 11.5. The smallest absolute Gasteiger partial charge is 0.341 e. The number of benzene rings is 1. The molecular weight excluding hydrogens is 342 g/mol. The van der Waals surface area contributed by atoms with E-state index in [1.807, 2.05) is 6.92 Å². The van der Waals surface area contributed by atoms with Crippen molar-refractivity contribution in [3.63, 3.8) is 0 Å². The van der Waals surface area contributed by atoms with Crippen molar-refractivity contribution in [3.05, 3.63) is 51.9 Å². The maximum Gasteiger partial charge on any atom is 0.341 e. The number of halogens is 1. The van der Waals surface area contributed by atoms with Gasteiger partial charge < -0.3 is 9.15 Å². The number of carbonyl (C=O) groups is 1. The highest BCUT2D eigenvalue weighted by Crippen LogP contribution is 2.23. The van der Waals surface area contributed by atoms with Crippen molar-refractivity contribution in [2.45, 2.75) is 25.3 Å². The number of ether oxygens (including phenoxy) is 1. The number of hydrogen-bond donors (Lipinski definition) is 1. The van der Waals surface area contributed by atoms with Gasteiger partial charge in [0.05, 0.1) is 18.7 Å². The monoisotopic (exact) mass is 357 g/mol. The molecule has 0 aliphatic rings. The quantitative estimate of drug-likeness (QED) is 0.831. The van der Waals surface area contributed by atoms with Crippen LogP contribution in [-0.4, -0.2) is 21.5 Å². The van der Waals surface area contributed by atoms with Crippen LogP contribution in [0.1, 0.15) is 27.4 Å². The first-order chi connectivity index (χ1) is 10.7. The number of hydrogen-bond acceptors (Lipinski definition) is 5. The topological polar surface area (TPSA) is 85.6 Å². The van der Waals surface area contributed by atoms with Gasteiger partial charge in [-0.05, 0) is 37.6 Å². The molecule has 124 valence electrons. The fraction of sp³-hybridized carbons (Fsp3) is 0.267. The van der Waals surface area contributed by atoms with Gasteiger partial charge in [-0.15, -0.1) is 0 Å². The van der Waals surface area contributed by atoms with Crippen molar-refractivity contribution >= 4 is 27.6 Å². The van der Waals surface area contributed by atoms with Crippen molar-refractivity contribution in [3.8, 4) is 0 Å². The van der Waals surface area contributed by atoms with Gasteiger partial charge in [0.1, 0.15) is 22.0 Å². The van der Waals surface area contributed by atoms with Crippen molar-refractivity contribution < 1.29 is 22.4 Å². The minimum absolute atomic E-state index is 0.0127. The van der Waals surface area contributed by atoms with Crippen molar-refractivity contribution in [1.82, 2.24) is 4.72 Å². The number of rotatable bonds is 5. The van der Waals surface area contributed by atoms with Gasteiger partial charge in [-0.3, -0.25) is 0 Å². The van der Waals surface area contributed by atoms with E-state index in [1.165, 1.54) is 19.2 Å². The van der Waals surface area contributed by atoms with Crippen LogP contribution in [0.25, 0.3) is 0 Å². The first-order valence-electron chi connectivity index (χ1n) is 6.68. The highest BCUT2D eigenvalue weighted by Gasteiger charge is 2.20. The van der Waals surface area contributed by atoms with Crippen LogP contribution >= 0.6 is 11.6 Å². The molecule has 2 rings (SSSR count). The summed E-state index contributed by atoms with van der Waals surface area (Å²) in [6, 6.07) is 6.11. The Balaban J connectivity index is 2.18. The molecule has 1 aromatic heterocycles. The lowest BCUT2D eigenvalue weighted by Crippen LogP contribution is -2.23. The first kappa shape index (κ1) is 17.5. The van der Waals surface area contributed by atoms with E-state index in [9.17, 15) is 13.2 Å². The Kier molecular flexibility index (Phi) is 5.13. The molecule has 0 aliphatic carbocycles. The van der Waals surface area contributed by atoms with Crippen LogP contribution in [-0.2, 0) is 21.3 Å². The van der Waals surface area contributed by atoms with Gasteiger partial charge in [-0.25, -0.2) is 17.9 Å². The molecule has 0 unspecified atom stereocenters. The minimum Gasteiger partial charge on any atom is -0.465 e. The number of sulfonamides is 1. The highest BCUT2D eigenvalue weighted by molar-refractivity contribution is 7.89. The summed E-state index contributed by atoms with van der Waals surface area (Å²) < 4.78 is 36.9. The summed E-state index contributed by atoms with van der Waals surface area (Å²) in [4.78, 5) is 11.5. The molecule has 0 radical (unpaired) electrons. The summed E-state index contributed by atoms with van der Waals surface area (Å²) in [5.41, 5.74) is 1.12. The molecule has 0 saturated carbocycles. The second-order valence-corrected chi connectivity index (χ2v) is 7.08. The van der Waals surface area contributed by atoms with E-state index in [4.69, 9.17) is 16.0 Å². The zero-order chi connectivity index (χ0) is 17.2. The summed E-state index contributed by atoms with van der Waals surface area (Å²) in [7, 11) is -2.53. The van der Waals surface area contributed by atoms with E-state index in [0.29, 0.717) is 11.5 Å². The Morgan fingerprint density at radius 1 is 1.30 bits per heavy atom. The summed E-state index contributed by atoms with van der Waals surface area (Å²) in [5.74, 6) is 0.121. The van der Waals surface area contributed by atoms with Crippen molar-refractivity contribution in [2.24, 2.45) is 0 Å². The Morgan fingerprint density at radius 2 is 2.00 bits per heavy atom. The van der Waals surface area contributed by atoms with E-state index in [2.05, 4.69) is 9.46 Å². The molecule has 8 heteroatoms. The van der Waals surface area contributed by atoms with Crippen molar-refractivity contribution in [2.75, 3.05) is 7.11 Å². The van der Waals surface area contributed by atoms with E-state index < -0.39 is 16.0 Å². The van der Waals surface area contributed by atoms with Crippen molar-refractivity contribution in [1.29, 1.82) is 0 Å². The lowest BCUT2D eigenvalue weighted by Gasteiger charge is -2.07. The Hall–Kier alpha value is -1.83. The number of nitrogens with one attached hydrogen (secondary N) is 1. The SMILES string of the molecule is COC(=O)c1cc(CNS(=O)(=O)c2ccc(C)cc2Cl)oc1C. The molecule has 23 heavy (non-hydrogen) atoms. The van der Waals surface area contributed by atoms with Crippen LogP contribution in [0.2, 0.25) is 5.02 Å². The van der Waals surface area contributed by atoms with E-state index in [1.54, 1.807) is 19.1 Å². The van der Waals surface area contributed by atoms with Gasteiger partial charge in [0.2, 0.25) is 10.0 Å². The van der Waals surface area contributed by atoms with Gasteiger partial charge in [0.15, 0.2) is 0 Å². The number of furan rings is 1. The Bertz CT molecular complexity index is 842. The predicted octanol–water partition coefficient (Wildman–Crippen LogP) is 2.81. The third-order valence-corrected chi connectivity index (χ3v) is 5.07. The third-order valence-electron chi connectivity index (χ3n) is 3.19.